The lowest BCUT2D eigenvalue weighted by Crippen LogP contribution is -2.33. The number of nitrogens with one attached hydrogen (secondary N) is 1. The Morgan fingerprint density at radius 1 is 1.53 bits per heavy atom. The Bertz CT molecular complexity index is 366. The van der Waals surface area contributed by atoms with Gasteiger partial charge in [-0.3, -0.25) is 4.79 Å². The van der Waals surface area contributed by atoms with E-state index in [9.17, 15) is 4.79 Å². The van der Waals surface area contributed by atoms with Crippen LogP contribution in [0.15, 0.2) is 22.7 Å². The number of carbonyl (C=O) groups excluding carboxylic acids is 1. The fraction of sp³-hybridized carbons (Fsp3) is 0.364. The van der Waals surface area contributed by atoms with Crippen LogP contribution in [-0.2, 0) is 0 Å². The zero-order chi connectivity index (χ0) is 11.4. The molecule has 0 heterocycles. The molecule has 1 atom stereocenters. The van der Waals surface area contributed by atoms with Crippen LogP contribution in [0.2, 0.25) is 0 Å². The number of hydrogen-bond acceptors (Lipinski definition) is 1. The molecule has 0 aliphatic rings. The van der Waals surface area contributed by atoms with E-state index < -0.39 is 0 Å². The van der Waals surface area contributed by atoms with Crippen LogP contribution in [0.5, 0.6) is 0 Å². The van der Waals surface area contributed by atoms with Crippen LogP contribution in [0.4, 0.5) is 0 Å². The van der Waals surface area contributed by atoms with E-state index in [0.29, 0.717) is 5.56 Å². The summed E-state index contributed by atoms with van der Waals surface area (Å²) < 4.78 is 0.826. The van der Waals surface area contributed by atoms with Crippen LogP contribution in [0.1, 0.15) is 22.8 Å². The average Bonchev–Trinajstić information content (AvgIpc) is 2.21. The highest BCUT2D eigenvalue weighted by Crippen LogP contribution is 2.18. The van der Waals surface area contributed by atoms with Gasteiger partial charge in [-0.15, -0.1) is 0 Å². The van der Waals surface area contributed by atoms with Gasteiger partial charge in [0.1, 0.15) is 0 Å². The van der Waals surface area contributed by atoms with E-state index >= 15 is 0 Å². The fourth-order valence-corrected chi connectivity index (χ4v) is 1.74. The highest BCUT2D eigenvalue weighted by atomic mass is 79.9. The Balaban J connectivity index is 2.86. The predicted octanol–water partition coefficient (Wildman–Crippen LogP) is 3.27. The lowest BCUT2D eigenvalue weighted by Gasteiger charge is -2.12. The van der Waals surface area contributed by atoms with Crippen molar-refractivity contribution < 1.29 is 4.79 Å². The molecule has 0 saturated carbocycles. The summed E-state index contributed by atoms with van der Waals surface area (Å²) in [5.74, 6) is -0.0440. The van der Waals surface area contributed by atoms with Gasteiger partial charge in [0.25, 0.3) is 5.91 Å². The van der Waals surface area contributed by atoms with Gasteiger partial charge in [-0.05, 0) is 41.9 Å². The van der Waals surface area contributed by atoms with Gasteiger partial charge in [-0.25, -0.2) is 0 Å². The number of rotatable bonds is 3. The topological polar surface area (TPSA) is 29.1 Å². The zero-order valence-electron chi connectivity index (χ0n) is 8.68. The normalized spacial score (nSPS) is 12.3. The molecule has 0 fully saturated rings. The second-order valence-electron chi connectivity index (χ2n) is 3.51. The molecule has 82 valence electrons. The predicted molar refractivity (Wildman–Crippen MR) is 69.6 cm³/mol. The maximum Gasteiger partial charge on any atom is 0.252 e. The van der Waals surface area contributed by atoms with Crippen molar-refractivity contribution >= 4 is 37.8 Å². The minimum Gasteiger partial charge on any atom is -0.349 e. The van der Waals surface area contributed by atoms with E-state index in [1.807, 2.05) is 32.0 Å². The molecular weight excluding hydrogens is 322 g/mol. The van der Waals surface area contributed by atoms with Crippen LogP contribution < -0.4 is 5.32 Å². The molecule has 4 heteroatoms. The first kappa shape index (κ1) is 12.7. The van der Waals surface area contributed by atoms with Gasteiger partial charge in [-0.1, -0.05) is 27.6 Å². The summed E-state index contributed by atoms with van der Waals surface area (Å²) in [7, 11) is 0. The third-order valence-corrected chi connectivity index (χ3v) is 3.64. The van der Waals surface area contributed by atoms with Gasteiger partial charge in [0.05, 0.1) is 5.56 Å². The van der Waals surface area contributed by atoms with Gasteiger partial charge in [0, 0.05) is 15.8 Å². The summed E-state index contributed by atoms with van der Waals surface area (Å²) in [5, 5.41) is 3.65. The van der Waals surface area contributed by atoms with Crippen LogP contribution in [0, 0.1) is 6.92 Å². The number of amides is 1. The number of carbonyl (C=O) groups is 1. The molecule has 0 bridgehead atoms. The SMILES string of the molecule is Cc1ccc(Br)c(C(=O)NC(C)CBr)c1. The number of aryl methyl sites for hydroxylation is 1. The van der Waals surface area contributed by atoms with E-state index in [0.717, 1.165) is 15.4 Å². The molecule has 1 amide bonds. The van der Waals surface area contributed by atoms with Crippen molar-refractivity contribution in [3.05, 3.63) is 33.8 Å². The molecule has 15 heavy (non-hydrogen) atoms. The van der Waals surface area contributed by atoms with Crippen LogP contribution in [-0.4, -0.2) is 17.3 Å². The Kier molecular flexibility index (Phi) is 4.80. The molecule has 0 saturated heterocycles. The summed E-state index contributed by atoms with van der Waals surface area (Å²) in [6.07, 6.45) is 0. The van der Waals surface area contributed by atoms with E-state index in [4.69, 9.17) is 0 Å². The highest BCUT2D eigenvalue weighted by Gasteiger charge is 2.11. The van der Waals surface area contributed by atoms with Crippen LogP contribution in [0.25, 0.3) is 0 Å². The molecule has 0 aliphatic carbocycles. The molecule has 1 N–H and O–H groups in total. The zero-order valence-corrected chi connectivity index (χ0v) is 11.9. The van der Waals surface area contributed by atoms with Crippen molar-refractivity contribution in [2.75, 3.05) is 5.33 Å². The average molecular weight is 335 g/mol. The first-order chi connectivity index (χ1) is 7.04. The standard InChI is InChI=1S/C11H13Br2NO/c1-7-3-4-10(13)9(5-7)11(15)14-8(2)6-12/h3-5,8H,6H2,1-2H3,(H,14,15). The van der Waals surface area contributed by atoms with Crippen molar-refractivity contribution in [2.45, 2.75) is 19.9 Å². The summed E-state index contributed by atoms with van der Waals surface area (Å²) in [6, 6.07) is 5.86. The Morgan fingerprint density at radius 3 is 2.80 bits per heavy atom. The van der Waals surface area contributed by atoms with E-state index in [1.165, 1.54) is 0 Å². The first-order valence-electron chi connectivity index (χ1n) is 4.67. The summed E-state index contributed by atoms with van der Waals surface area (Å²) in [5.41, 5.74) is 1.76. The molecule has 2 nitrogen and oxygen atoms in total. The summed E-state index contributed by atoms with van der Waals surface area (Å²) >= 11 is 6.69. The smallest absolute Gasteiger partial charge is 0.252 e. The Labute approximate surface area is 107 Å². The number of benzene rings is 1. The molecule has 1 unspecified atom stereocenters. The quantitative estimate of drug-likeness (QED) is 0.844. The summed E-state index contributed by atoms with van der Waals surface area (Å²) in [6.45, 7) is 3.92. The van der Waals surface area contributed by atoms with Crippen molar-refractivity contribution in [2.24, 2.45) is 0 Å². The minimum absolute atomic E-state index is 0.0440. The molecule has 0 aromatic heterocycles. The van der Waals surface area contributed by atoms with Crippen molar-refractivity contribution in [3.8, 4) is 0 Å². The second kappa shape index (κ2) is 5.66. The van der Waals surface area contributed by atoms with Crippen molar-refractivity contribution in [1.82, 2.24) is 5.32 Å². The largest absolute Gasteiger partial charge is 0.349 e. The Morgan fingerprint density at radius 2 is 2.20 bits per heavy atom. The van der Waals surface area contributed by atoms with E-state index in [2.05, 4.69) is 37.2 Å². The van der Waals surface area contributed by atoms with E-state index in [1.54, 1.807) is 0 Å². The van der Waals surface area contributed by atoms with Crippen LogP contribution >= 0.6 is 31.9 Å². The monoisotopic (exact) mass is 333 g/mol. The first-order valence-corrected chi connectivity index (χ1v) is 6.59. The molecule has 0 radical (unpaired) electrons. The van der Waals surface area contributed by atoms with Gasteiger partial charge in [0.15, 0.2) is 0 Å². The van der Waals surface area contributed by atoms with Crippen LogP contribution in [0.3, 0.4) is 0 Å². The van der Waals surface area contributed by atoms with Gasteiger partial charge < -0.3 is 5.32 Å². The molecule has 0 aliphatic heterocycles. The molecule has 1 aromatic rings. The fourth-order valence-electron chi connectivity index (χ4n) is 1.15. The lowest BCUT2D eigenvalue weighted by molar-refractivity contribution is 0.0943. The highest BCUT2D eigenvalue weighted by molar-refractivity contribution is 9.10. The van der Waals surface area contributed by atoms with Crippen molar-refractivity contribution in [3.63, 3.8) is 0 Å². The van der Waals surface area contributed by atoms with E-state index in [-0.39, 0.29) is 11.9 Å². The Hall–Kier alpha value is -0.350. The number of alkyl halides is 1. The molecule has 0 spiro atoms. The molecule has 1 aromatic carbocycles. The van der Waals surface area contributed by atoms with Crippen molar-refractivity contribution in [1.29, 1.82) is 0 Å². The van der Waals surface area contributed by atoms with Gasteiger partial charge in [0.2, 0.25) is 0 Å². The third kappa shape index (κ3) is 3.61. The van der Waals surface area contributed by atoms with Gasteiger partial charge in [-0.2, -0.15) is 0 Å². The molecule has 1 rings (SSSR count). The number of halogens is 2. The lowest BCUT2D eigenvalue weighted by atomic mass is 10.1. The van der Waals surface area contributed by atoms with Gasteiger partial charge >= 0.3 is 0 Å². The second-order valence-corrected chi connectivity index (χ2v) is 5.01. The minimum atomic E-state index is -0.0440. The number of hydrogen-bond donors (Lipinski definition) is 1. The third-order valence-electron chi connectivity index (χ3n) is 1.98. The maximum atomic E-state index is 11.8. The maximum absolute atomic E-state index is 11.8. The molecular formula is C11H13Br2NO. The summed E-state index contributed by atoms with van der Waals surface area (Å²) in [4.78, 5) is 11.8.